The van der Waals surface area contributed by atoms with Gasteiger partial charge < -0.3 is 4.98 Å². The van der Waals surface area contributed by atoms with Gasteiger partial charge in [0.1, 0.15) is 0 Å². The second-order valence-electron chi connectivity index (χ2n) is 4.92. The predicted octanol–water partition coefficient (Wildman–Crippen LogP) is 3.81. The summed E-state index contributed by atoms with van der Waals surface area (Å²) in [6.07, 6.45) is 0. The SMILES string of the molecule is Cc1cc(C)c2c(-c3ccccc3)cc(=O)[nH]c2c1. The first-order valence-corrected chi connectivity index (χ1v) is 6.35. The Kier molecular flexibility index (Phi) is 2.71. The van der Waals surface area contributed by atoms with Gasteiger partial charge in [0, 0.05) is 17.0 Å². The van der Waals surface area contributed by atoms with Crippen LogP contribution in [0.25, 0.3) is 22.0 Å². The molecule has 0 aliphatic carbocycles. The number of fused-ring (bicyclic) bond motifs is 1. The van der Waals surface area contributed by atoms with Crippen LogP contribution in [-0.2, 0) is 0 Å². The first-order chi connectivity index (χ1) is 9.15. The van der Waals surface area contributed by atoms with Gasteiger partial charge in [0.05, 0.1) is 0 Å². The molecular formula is C17H15NO. The third kappa shape index (κ3) is 2.06. The zero-order chi connectivity index (χ0) is 13.4. The zero-order valence-corrected chi connectivity index (χ0v) is 11.0. The van der Waals surface area contributed by atoms with Crippen molar-refractivity contribution in [3.05, 3.63) is 70.0 Å². The van der Waals surface area contributed by atoms with E-state index in [0.29, 0.717) is 0 Å². The Bertz CT molecular complexity index is 801. The summed E-state index contributed by atoms with van der Waals surface area (Å²) in [5, 5.41) is 1.12. The van der Waals surface area contributed by atoms with Crippen molar-refractivity contribution >= 4 is 10.9 Å². The molecule has 3 rings (SSSR count). The summed E-state index contributed by atoms with van der Waals surface area (Å²) in [4.78, 5) is 14.8. The van der Waals surface area contributed by atoms with Crippen molar-refractivity contribution in [1.29, 1.82) is 0 Å². The molecule has 0 spiro atoms. The molecule has 2 nitrogen and oxygen atoms in total. The van der Waals surface area contributed by atoms with Crippen LogP contribution >= 0.6 is 0 Å². The molecule has 0 unspecified atom stereocenters. The van der Waals surface area contributed by atoms with Crippen LogP contribution in [0.2, 0.25) is 0 Å². The van der Waals surface area contributed by atoms with Gasteiger partial charge in [-0.25, -0.2) is 0 Å². The maximum Gasteiger partial charge on any atom is 0.249 e. The number of aryl methyl sites for hydroxylation is 2. The van der Waals surface area contributed by atoms with Gasteiger partial charge in [-0.1, -0.05) is 36.4 Å². The fourth-order valence-electron chi connectivity index (χ4n) is 2.64. The molecule has 0 saturated heterocycles. The van der Waals surface area contributed by atoms with Crippen molar-refractivity contribution < 1.29 is 0 Å². The molecule has 0 saturated carbocycles. The molecule has 0 amide bonds. The van der Waals surface area contributed by atoms with Gasteiger partial charge in [0.2, 0.25) is 5.56 Å². The summed E-state index contributed by atoms with van der Waals surface area (Å²) < 4.78 is 0. The summed E-state index contributed by atoms with van der Waals surface area (Å²) in [6, 6.07) is 15.9. The van der Waals surface area contributed by atoms with Gasteiger partial charge >= 0.3 is 0 Å². The van der Waals surface area contributed by atoms with Gasteiger partial charge in [0.25, 0.3) is 0 Å². The topological polar surface area (TPSA) is 32.9 Å². The molecular weight excluding hydrogens is 234 g/mol. The Morgan fingerprint density at radius 2 is 1.68 bits per heavy atom. The molecule has 0 aliphatic rings. The molecule has 3 aromatic rings. The number of nitrogens with one attached hydrogen (secondary N) is 1. The van der Waals surface area contributed by atoms with Gasteiger partial charge in [-0.3, -0.25) is 4.79 Å². The average Bonchev–Trinajstić information content (AvgIpc) is 2.38. The number of hydrogen-bond donors (Lipinski definition) is 1. The lowest BCUT2D eigenvalue weighted by atomic mass is 9.97. The van der Waals surface area contributed by atoms with E-state index in [4.69, 9.17) is 0 Å². The van der Waals surface area contributed by atoms with Gasteiger partial charge in [0.15, 0.2) is 0 Å². The number of aromatic amines is 1. The van der Waals surface area contributed by atoms with Crippen LogP contribution in [-0.4, -0.2) is 4.98 Å². The maximum absolute atomic E-state index is 11.8. The van der Waals surface area contributed by atoms with Gasteiger partial charge in [-0.15, -0.1) is 0 Å². The molecule has 94 valence electrons. The number of rotatable bonds is 1. The van der Waals surface area contributed by atoms with E-state index in [9.17, 15) is 4.79 Å². The van der Waals surface area contributed by atoms with Crippen LogP contribution < -0.4 is 5.56 Å². The van der Waals surface area contributed by atoms with Crippen LogP contribution in [0.1, 0.15) is 11.1 Å². The lowest BCUT2D eigenvalue weighted by molar-refractivity contribution is 1.29. The molecule has 2 heteroatoms. The number of H-pyrrole nitrogens is 1. The lowest BCUT2D eigenvalue weighted by Gasteiger charge is -2.10. The third-order valence-corrected chi connectivity index (χ3v) is 3.37. The second kappa shape index (κ2) is 4.39. The van der Waals surface area contributed by atoms with E-state index in [1.54, 1.807) is 6.07 Å². The first kappa shape index (κ1) is 11.7. The van der Waals surface area contributed by atoms with Crippen molar-refractivity contribution in [2.75, 3.05) is 0 Å². The predicted molar refractivity (Wildman–Crippen MR) is 79.5 cm³/mol. The maximum atomic E-state index is 11.8. The van der Waals surface area contributed by atoms with Crippen LogP contribution in [0, 0.1) is 13.8 Å². The molecule has 0 fully saturated rings. The summed E-state index contributed by atoms with van der Waals surface area (Å²) in [5.41, 5.74) is 5.26. The Morgan fingerprint density at radius 1 is 0.947 bits per heavy atom. The molecule has 1 aromatic heterocycles. The van der Waals surface area contributed by atoms with E-state index in [0.717, 1.165) is 27.6 Å². The number of hydrogen-bond acceptors (Lipinski definition) is 1. The summed E-state index contributed by atoms with van der Waals surface area (Å²) in [7, 11) is 0. The van der Waals surface area contributed by atoms with E-state index in [2.05, 4.69) is 18.0 Å². The highest BCUT2D eigenvalue weighted by Gasteiger charge is 2.08. The zero-order valence-electron chi connectivity index (χ0n) is 11.0. The summed E-state index contributed by atoms with van der Waals surface area (Å²) in [5.74, 6) is 0. The minimum absolute atomic E-state index is 0.0589. The van der Waals surface area contributed by atoms with Gasteiger partial charge in [-0.2, -0.15) is 0 Å². The van der Waals surface area contributed by atoms with Crippen LogP contribution in [0.15, 0.2) is 53.3 Å². The fraction of sp³-hybridized carbons (Fsp3) is 0.118. The molecule has 0 bridgehead atoms. The minimum Gasteiger partial charge on any atom is -0.322 e. The number of benzene rings is 2. The molecule has 19 heavy (non-hydrogen) atoms. The number of pyridine rings is 1. The van der Waals surface area contributed by atoms with Crippen LogP contribution in [0.5, 0.6) is 0 Å². The van der Waals surface area contributed by atoms with Gasteiger partial charge in [-0.05, 0) is 42.2 Å². The minimum atomic E-state index is -0.0589. The second-order valence-corrected chi connectivity index (χ2v) is 4.92. The van der Waals surface area contributed by atoms with E-state index >= 15 is 0 Å². The molecule has 0 radical (unpaired) electrons. The smallest absolute Gasteiger partial charge is 0.249 e. The highest BCUT2D eigenvalue weighted by atomic mass is 16.1. The number of aromatic nitrogens is 1. The molecule has 1 N–H and O–H groups in total. The highest BCUT2D eigenvalue weighted by Crippen LogP contribution is 2.29. The highest BCUT2D eigenvalue weighted by molar-refractivity contribution is 5.96. The van der Waals surface area contributed by atoms with Crippen molar-refractivity contribution in [3.8, 4) is 11.1 Å². The van der Waals surface area contributed by atoms with Crippen LogP contribution in [0.4, 0.5) is 0 Å². The average molecular weight is 249 g/mol. The van der Waals surface area contributed by atoms with E-state index in [-0.39, 0.29) is 5.56 Å². The summed E-state index contributed by atoms with van der Waals surface area (Å²) in [6.45, 7) is 4.13. The largest absolute Gasteiger partial charge is 0.322 e. The van der Waals surface area contributed by atoms with Crippen LogP contribution in [0.3, 0.4) is 0 Å². The Labute approximate surface area is 111 Å². The monoisotopic (exact) mass is 249 g/mol. The third-order valence-electron chi connectivity index (χ3n) is 3.37. The Balaban J connectivity index is 2.45. The van der Waals surface area contributed by atoms with Crippen molar-refractivity contribution in [3.63, 3.8) is 0 Å². The first-order valence-electron chi connectivity index (χ1n) is 6.35. The van der Waals surface area contributed by atoms with Crippen molar-refractivity contribution in [2.45, 2.75) is 13.8 Å². The quantitative estimate of drug-likeness (QED) is 0.699. The van der Waals surface area contributed by atoms with E-state index < -0.39 is 0 Å². The normalized spacial score (nSPS) is 10.8. The molecule has 0 aliphatic heterocycles. The van der Waals surface area contributed by atoms with Crippen molar-refractivity contribution in [1.82, 2.24) is 4.98 Å². The summed E-state index contributed by atoms with van der Waals surface area (Å²) >= 11 is 0. The fourth-order valence-corrected chi connectivity index (χ4v) is 2.64. The van der Waals surface area contributed by atoms with Crippen molar-refractivity contribution in [2.24, 2.45) is 0 Å². The van der Waals surface area contributed by atoms with E-state index in [1.165, 1.54) is 5.56 Å². The Hall–Kier alpha value is -2.35. The van der Waals surface area contributed by atoms with E-state index in [1.807, 2.05) is 43.3 Å². The Morgan fingerprint density at radius 3 is 2.42 bits per heavy atom. The molecule has 1 heterocycles. The standard InChI is InChI=1S/C17H15NO/c1-11-8-12(2)17-14(13-6-4-3-5-7-13)10-16(19)18-15(17)9-11/h3-10H,1-2H3,(H,18,19). The molecule has 2 aromatic carbocycles. The molecule has 0 atom stereocenters. The lowest BCUT2D eigenvalue weighted by Crippen LogP contribution is -2.05.